The molecule has 0 bridgehead atoms. The summed E-state index contributed by atoms with van der Waals surface area (Å²) in [4.78, 5) is 1.72. The Kier molecular flexibility index (Phi) is 1.70. The highest BCUT2D eigenvalue weighted by molar-refractivity contribution is 7.85. The van der Waals surface area contributed by atoms with Crippen molar-refractivity contribution in [3.63, 3.8) is 0 Å². The fourth-order valence-corrected chi connectivity index (χ4v) is 3.32. The van der Waals surface area contributed by atoms with Crippen LogP contribution in [0.2, 0.25) is 0 Å². The fourth-order valence-electron chi connectivity index (χ4n) is 1.88. The van der Waals surface area contributed by atoms with Crippen molar-refractivity contribution in [3.05, 3.63) is 42.5 Å². The van der Waals surface area contributed by atoms with Crippen LogP contribution in [0.1, 0.15) is 0 Å². The lowest BCUT2D eigenvalue weighted by Gasteiger charge is -1.99. The van der Waals surface area contributed by atoms with E-state index in [1.165, 1.54) is 0 Å². The first-order valence-electron chi connectivity index (χ1n) is 4.68. The number of hydrogen-bond donors (Lipinski definition) is 1. The lowest BCUT2D eigenvalue weighted by atomic mass is 10.1. The number of fused-ring (bicyclic) bond motifs is 3. The maximum atomic E-state index is 12.1. The van der Waals surface area contributed by atoms with Gasteiger partial charge in [0, 0.05) is 5.69 Å². The lowest BCUT2D eigenvalue weighted by molar-refractivity contribution is 0.685. The molecule has 0 amide bonds. The van der Waals surface area contributed by atoms with Crippen LogP contribution in [0, 0.1) is 0 Å². The van der Waals surface area contributed by atoms with E-state index >= 15 is 0 Å². The van der Waals surface area contributed by atoms with Gasteiger partial charge in [0.1, 0.15) is 0 Å². The molecule has 1 unspecified atom stereocenters. The SMILES string of the molecule is Nc1ccc2c(c1)S(=O)c1ccccc1-2. The third-order valence-corrected chi connectivity index (χ3v) is 4.08. The molecule has 74 valence electrons. The molecule has 1 aliphatic rings. The highest BCUT2D eigenvalue weighted by Crippen LogP contribution is 2.40. The number of rotatable bonds is 0. The summed E-state index contributed by atoms with van der Waals surface area (Å²) in [6, 6.07) is 13.3. The zero-order chi connectivity index (χ0) is 10.4. The Morgan fingerprint density at radius 2 is 1.67 bits per heavy atom. The summed E-state index contributed by atoms with van der Waals surface area (Å²) in [5.41, 5.74) is 8.46. The average molecular weight is 215 g/mol. The Morgan fingerprint density at radius 1 is 0.933 bits per heavy atom. The minimum atomic E-state index is -1.06. The van der Waals surface area contributed by atoms with Crippen LogP contribution in [0.15, 0.2) is 52.3 Å². The maximum absolute atomic E-state index is 12.1. The van der Waals surface area contributed by atoms with Crippen LogP contribution in [0.25, 0.3) is 11.1 Å². The van der Waals surface area contributed by atoms with Gasteiger partial charge in [-0.05, 0) is 29.3 Å². The normalized spacial score (nSPS) is 17.2. The van der Waals surface area contributed by atoms with E-state index in [9.17, 15) is 4.21 Å². The van der Waals surface area contributed by atoms with Crippen LogP contribution in [0.5, 0.6) is 0 Å². The second-order valence-corrected chi connectivity index (χ2v) is 4.94. The highest BCUT2D eigenvalue weighted by Gasteiger charge is 2.24. The summed E-state index contributed by atoms with van der Waals surface area (Å²) >= 11 is 0. The van der Waals surface area contributed by atoms with Crippen LogP contribution < -0.4 is 5.73 Å². The van der Waals surface area contributed by atoms with Gasteiger partial charge < -0.3 is 5.73 Å². The Labute approximate surface area is 90.2 Å². The van der Waals surface area contributed by atoms with Crippen LogP contribution in [-0.2, 0) is 10.8 Å². The average Bonchev–Trinajstić information content (AvgIpc) is 2.54. The Balaban J connectivity index is 2.38. The summed E-state index contributed by atoms with van der Waals surface area (Å²) in [6.07, 6.45) is 0. The van der Waals surface area contributed by atoms with Crippen molar-refractivity contribution >= 4 is 16.5 Å². The van der Waals surface area contributed by atoms with Gasteiger partial charge in [0.15, 0.2) is 0 Å². The largest absolute Gasteiger partial charge is 0.399 e. The molecule has 0 radical (unpaired) electrons. The van der Waals surface area contributed by atoms with E-state index < -0.39 is 10.8 Å². The van der Waals surface area contributed by atoms with E-state index in [1.807, 2.05) is 36.4 Å². The van der Waals surface area contributed by atoms with Crippen molar-refractivity contribution in [1.29, 1.82) is 0 Å². The number of hydrogen-bond acceptors (Lipinski definition) is 2. The maximum Gasteiger partial charge on any atom is 0.0863 e. The molecule has 0 aromatic heterocycles. The predicted molar refractivity (Wildman–Crippen MR) is 61.0 cm³/mol. The van der Waals surface area contributed by atoms with Crippen LogP contribution >= 0.6 is 0 Å². The van der Waals surface area contributed by atoms with Crippen molar-refractivity contribution in [2.75, 3.05) is 5.73 Å². The molecular weight excluding hydrogens is 206 g/mol. The molecule has 3 rings (SSSR count). The molecule has 0 saturated carbocycles. The molecule has 1 atom stereocenters. The highest BCUT2D eigenvalue weighted by atomic mass is 32.2. The lowest BCUT2D eigenvalue weighted by Crippen LogP contribution is -1.89. The summed E-state index contributed by atoms with van der Waals surface area (Å²) in [6.45, 7) is 0. The smallest absolute Gasteiger partial charge is 0.0863 e. The Bertz CT molecular complexity index is 578. The van der Waals surface area contributed by atoms with E-state index in [0.717, 1.165) is 20.9 Å². The molecule has 2 nitrogen and oxygen atoms in total. The fraction of sp³-hybridized carbons (Fsp3) is 0. The number of nitrogen functional groups attached to an aromatic ring is 1. The molecular formula is C12H9NOS. The van der Waals surface area contributed by atoms with Crippen molar-refractivity contribution in [2.45, 2.75) is 9.79 Å². The minimum Gasteiger partial charge on any atom is -0.399 e. The molecule has 1 aliphatic heterocycles. The predicted octanol–water partition coefficient (Wildman–Crippen LogP) is 2.42. The summed E-state index contributed by atoms with van der Waals surface area (Å²) in [7, 11) is -1.06. The number of anilines is 1. The quantitative estimate of drug-likeness (QED) is 0.585. The van der Waals surface area contributed by atoms with Gasteiger partial charge in [-0.3, -0.25) is 0 Å². The molecule has 0 saturated heterocycles. The van der Waals surface area contributed by atoms with Gasteiger partial charge in [0.25, 0.3) is 0 Å². The van der Waals surface area contributed by atoms with E-state index in [1.54, 1.807) is 6.07 Å². The Morgan fingerprint density at radius 3 is 2.53 bits per heavy atom. The molecule has 0 fully saturated rings. The summed E-state index contributed by atoms with van der Waals surface area (Å²) < 4.78 is 12.1. The second kappa shape index (κ2) is 2.94. The van der Waals surface area contributed by atoms with Gasteiger partial charge in [-0.1, -0.05) is 24.3 Å². The van der Waals surface area contributed by atoms with Crippen molar-refractivity contribution in [3.8, 4) is 11.1 Å². The van der Waals surface area contributed by atoms with E-state index in [2.05, 4.69) is 0 Å². The molecule has 3 heteroatoms. The van der Waals surface area contributed by atoms with Crippen LogP contribution in [0.3, 0.4) is 0 Å². The standard InChI is InChI=1S/C12H9NOS/c13-8-5-6-10-9-3-1-2-4-11(9)15(14)12(10)7-8/h1-7H,13H2. The van der Waals surface area contributed by atoms with Gasteiger partial charge in [-0.25, -0.2) is 4.21 Å². The number of benzene rings is 2. The van der Waals surface area contributed by atoms with Gasteiger partial charge in [-0.15, -0.1) is 0 Å². The van der Waals surface area contributed by atoms with E-state index in [0.29, 0.717) is 5.69 Å². The third-order valence-electron chi connectivity index (χ3n) is 2.58. The zero-order valence-electron chi connectivity index (χ0n) is 7.94. The van der Waals surface area contributed by atoms with Crippen LogP contribution in [0.4, 0.5) is 5.69 Å². The first-order chi connectivity index (χ1) is 7.27. The van der Waals surface area contributed by atoms with Crippen molar-refractivity contribution < 1.29 is 4.21 Å². The van der Waals surface area contributed by atoms with Crippen molar-refractivity contribution in [2.24, 2.45) is 0 Å². The third kappa shape index (κ3) is 1.13. The molecule has 2 aromatic carbocycles. The minimum absolute atomic E-state index is 0.662. The van der Waals surface area contributed by atoms with Crippen LogP contribution in [-0.4, -0.2) is 4.21 Å². The molecule has 2 N–H and O–H groups in total. The molecule has 0 spiro atoms. The Hall–Kier alpha value is -1.61. The summed E-state index contributed by atoms with van der Waals surface area (Å²) in [5.74, 6) is 0. The van der Waals surface area contributed by atoms with E-state index in [-0.39, 0.29) is 0 Å². The second-order valence-electron chi connectivity index (χ2n) is 3.52. The molecule has 1 heterocycles. The van der Waals surface area contributed by atoms with Gasteiger partial charge in [-0.2, -0.15) is 0 Å². The molecule has 0 aliphatic carbocycles. The summed E-state index contributed by atoms with van der Waals surface area (Å²) in [5, 5.41) is 0. The first kappa shape index (κ1) is 8.68. The number of nitrogens with two attached hydrogens (primary N) is 1. The molecule has 2 aromatic rings. The topological polar surface area (TPSA) is 43.1 Å². The van der Waals surface area contributed by atoms with Crippen molar-refractivity contribution in [1.82, 2.24) is 0 Å². The van der Waals surface area contributed by atoms with Gasteiger partial charge >= 0.3 is 0 Å². The van der Waals surface area contributed by atoms with Gasteiger partial charge in [0.2, 0.25) is 0 Å². The van der Waals surface area contributed by atoms with Gasteiger partial charge in [0.05, 0.1) is 20.6 Å². The van der Waals surface area contributed by atoms with E-state index in [4.69, 9.17) is 5.73 Å². The monoisotopic (exact) mass is 215 g/mol. The molecule has 15 heavy (non-hydrogen) atoms. The zero-order valence-corrected chi connectivity index (χ0v) is 8.75. The first-order valence-corrected chi connectivity index (χ1v) is 5.83.